The minimum absolute atomic E-state index is 0.644. The standard InChI is InChI=1S/C15H19ClN4/c1-3-8-17-15-19-9-11(2)14(20-15)18-10-12-6-4-5-7-13(12)16/h4-7,9H,3,8,10H2,1-2H3,(H2,17,18,19,20). The van der Waals surface area contributed by atoms with E-state index >= 15 is 0 Å². The zero-order valence-electron chi connectivity index (χ0n) is 11.8. The van der Waals surface area contributed by atoms with E-state index in [9.17, 15) is 0 Å². The van der Waals surface area contributed by atoms with Gasteiger partial charge in [-0.25, -0.2) is 4.98 Å². The van der Waals surface area contributed by atoms with Crippen molar-refractivity contribution >= 4 is 23.4 Å². The summed E-state index contributed by atoms with van der Waals surface area (Å²) in [6, 6.07) is 7.79. The van der Waals surface area contributed by atoms with Gasteiger partial charge in [-0.1, -0.05) is 36.7 Å². The van der Waals surface area contributed by atoms with Crippen LogP contribution < -0.4 is 10.6 Å². The number of rotatable bonds is 6. The molecule has 1 heterocycles. The van der Waals surface area contributed by atoms with Crippen LogP contribution >= 0.6 is 11.6 Å². The molecule has 5 heteroatoms. The fraction of sp³-hybridized carbons (Fsp3) is 0.333. The van der Waals surface area contributed by atoms with Crippen molar-refractivity contribution in [2.75, 3.05) is 17.2 Å². The minimum Gasteiger partial charge on any atom is -0.366 e. The minimum atomic E-state index is 0.644. The number of hydrogen-bond donors (Lipinski definition) is 2. The van der Waals surface area contributed by atoms with Gasteiger partial charge in [0.1, 0.15) is 5.82 Å². The van der Waals surface area contributed by atoms with E-state index in [-0.39, 0.29) is 0 Å². The van der Waals surface area contributed by atoms with Gasteiger partial charge in [-0.3, -0.25) is 0 Å². The molecule has 0 saturated carbocycles. The average molecular weight is 291 g/mol. The molecular formula is C15H19ClN4. The van der Waals surface area contributed by atoms with Crippen molar-refractivity contribution in [3.8, 4) is 0 Å². The molecule has 0 atom stereocenters. The van der Waals surface area contributed by atoms with Gasteiger partial charge in [0.2, 0.25) is 5.95 Å². The molecule has 0 bridgehead atoms. The number of aryl methyl sites for hydroxylation is 1. The van der Waals surface area contributed by atoms with Crippen LogP contribution in [0.25, 0.3) is 0 Å². The van der Waals surface area contributed by atoms with Crippen LogP contribution in [0.15, 0.2) is 30.5 Å². The van der Waals surface area contributed by atoms with Crippen molar-refractivity contribution in [3.05, 3.63) is 46.6 Å². The predicted molar refractivity (Wildman–Crippen MR) is 84.3 cm³/mol. The molecule has 0 fully saturated rings. The molecule has 0 aliphatic heterocycles. The Hall–Kier alpha value is -1.81. The molecule has 0 radical (unpaired) electrons. The lowest BCUT2D eigenvalue weighted by molar-refractivity contribution is 0.947. The van der Waals surface area contributed by atoms with Gasteiger partial charge in [-0.05, 0) is 25.0 Å². The van der Waals surface area contributed by atoms with Gasteiger partial charge in [0.25, 0.3) is 0 Å². The molecule has 1 aromatic heterocycles. The molecule has 0 amide bonds. The van der Waals surface area contributed by atoms with E-state index in [1.165, 1.54) is 0 Å². The molecule has 2 aromatic rings. The van der Waals surface area contributed by atoms with E-state index in [1.54, 1.807) is 0 Å². The monoisotopic (exact) mass is 290 g/mol. The van der Waals surface area contributed by atoms with E-state index in [4.69, 9.17) is 11.6 Å². The maximum Gasteiger partial charge on any atom is 0.224 e. The first-order chi connectivity index (χ1) is 9.70. The van der Waals surface area contributed by atoms with E-state index in [0.717, 1.165) is 34.9 Å². The highest BCUT2D eigenvalue weighted by Crippen LogP contribution is 2.18. The molecule has 2 N–H and O–H groups in total. The molecule has 0 saturated heterocycles. The number of nitrogens with one attached hydrogen (secondary N) is 2. The number of nitrogens with zero attached hydrogens (tertiary/aromatic N) is 2. The Kier molecular flexibility index (Phi) is 5.18. The first kappa shape index (κ1) is 14.6. The molecule has 0 aliphatic carbocycles. The average Bonchev–Trinajstić information content (AvgIpc) is 2.46. The van der Waals surface area contributed by atoms with Gasteiger partial charge in [0, 0.05) is 29.9 Å². The number of anilines is 2. The fourth-order valence-corrected chi connectivity index (χ4v) is 1.97. The van der Waals surface area contributed by atoms with Gasteiger partial charge in [-0.15, -0.1) is 0 Å². The van der Waals surface area contributed by atoms with E-state index in [2.05, 4.69) is 27.5 Å². The lowest BCUT2D eigenvalue weighted by atomic mass is 10.2. The van der Waals surface area contributed by atoms with Crippen LogP contribution in [0.2, 0.25) is 5.02 Å². The number of hydrogen-bond acceptors (Lipinski definition) is 4. The fourth-order valence-electron chi connectivity index (χ4n) is 1.76. The van der Waals surface area contributed by atoms with Crippen LogP contribution in [0.4, 0.5) is 11.8 Å². The van der Waals surface area contributed by atoms with Gasteiger partial charge in [0.15, 0.2) is 0 Å². The summed E-state index contributed by atoms with van der Waals surface area (Å²) >= 11 is 6.14. The third-order valence-corrected chi connectivity index (χ3v) is 3.28. The molecule has 20 heavy (non-hydrogen) atoms. The van der Waals surface area contributed by atoms with Crippen molar-refractivity contribution in [2.45, 2.75) is 26.8 Å². The lowest BCUT2D eigenvalue weighted by Crippen LogP contribution is -2.09. The molecule has 0 spiro atoms. The van der Waals surface area contributed by atoms with Crippen LogP contribution in [-0.4, -0.2) is 16.5 Å². The van der Waals surface area contributed by atoms with E-state index in [1.807, 2.05) is 37.4 Å². The van der Waals surface area contributed by atoms with E-state index < -0.39 is 0 Å². The van der Waals surface area contributed by atoms with Crippen molar-refractivity contribution in [2.24, 2.45) is 0 Å². The summed E-state index contributed by atoms with van der Waals surface area (Å²) < 4.78 is 0. The van der Waals surface area contributed by atoms with Gasteiger partial charge >= 0.3 is 0 Å². The first-order valence-electron chi connectivity index (χ1n) is 6.75. The second-order valence-electron chi connectivity index (χ2n) is 4.60. The molecule has 0 unspecified atom stereocenters. The summed E-state index contributed by atoms with van der Waals surface area (Å²) in [7, 11) is 0. The number of halogens is 1. The normalized spacial score (nSPS) is 10.3. The summed E-state index contributed by atoms with van der Waals surface area (Å²) in [5, 5.41) is 7.25. The van der Waals surface area contributed by atoms with Crippen LogP contribution in [0.5, 0.6) is 0 Å². The summed E-state index contributed by atoms with van der Waals surface area (Å²) in [5.41, 5.74) is 2.06. The highest BCUT2D eigenvalue weighted by Gasteiger charge is 2.04. The highest BCUT2D eigenvalue weighted by atomic mass is 35.5. The second kappa shape index (κ2) is 7.10. The highest BCUT2D eigenvalue weighted by molar-refractivity contribution is 6.31. The zero-order valence-corrected chi connectivity index (χ0v) is 12.5. The number of aromatic nitrogens is 2. The Morgan fingerprint density at radius 3 is 2.75 bits per heavy atom. The maximum atomic E-state index is 6.14. The largest absolute Gasteiger partial charge is 0.366 e. The Morgan fingerprint density at radius 2 is 2.00 bits per heavy atom. The van der Waals surface area contributed by atoms with Gasteiger partial charge < -0.3 is 10.6 Å². The zero-order chi connectivity index (χ0) is 14.4. The Morgan fingerprint density at radius 1 is 1.20 bits per heavy atom. The van der Waals surface area contributed by atoms with Gasteiger partial charge in [-0.2, -0.15) is 4.98 Å². The van der Waals surface area contributed by atoms with E-state index in [0.29, 0.717) is 12.5 Å². The quantitative estimate of drug-likeness (QED) is 0.848. The third-order valence-electron chi connectivity index (χ3n) is 2.91. The van der Waals surface area contributed by atoms with Crippen LogP contribution in [0, 0.1) is 6.92 Å². The predicted octanol–water partition coefficient (Wildman–Crippen LogP) is 3.87. The lowest BCUT2D eigenvalue weighted by Gasteiger charge is -2.11. The summed E-state index contributed by atoms with van der Waals surface area (Å²) in [5.74, 6) is 1.48. The number of benzene rings is 1. The summed E-state index contributed by atoms with van der Waals surface area (Å²) in [6.45, 7) is 5.61. The SMILES string of the molecule is CCCNc1ncc(C)c(NCc2ccccc2Cl)n1. The topological polar surface area (TPSA) is 49.8 Å². The molecule has 2 rings (SSSR count). The third kappa shape index (κ3) is 3.84. The molecule has 4 nitrogen and oxygen atoms in total. The van der Waals surface area contributed by atoms with Crippen LogP contribution in [0.1, 0.15) is 24.5 Å². The molecular weight excluding hydrogens is 272 g/mol. The van der Waals surface area contributed by atoms with Crippen LogP contribution in [-0.2, 0) is 6.54 Å². The molecule has 0 aliphatic rings. The van der Waals surface area contributed by atoms with Crippen molar-refractivity contribution in [3.63, 3.8) is 0 Å². The van der Waals surface area contributed by atoms with Crippen molar-refractivity contribution in [1.29, 1.82) is 0 Å². The van der Waals surface area contributed by atoms with Crippen molar-refractivity contribution in [1.82, 2.24) is 9.97 Å². The first-order valence-corrected chi connectivity index (χ1v) is 7.13. The summed E-state index contributed by atoms with van der Waals surface area (Å²) in [6.07, 6.45) is 2.86. The maximum absolute atomic E-state index is 6.14. The Labute approximate surface area is 124 Å². The smallest absolute Gasteiger partial charge is 0.224 e. The second-order valence-corrected chi connectivity index (χ2v) is 5.00. The Balaban J connectivity index is 2.07. The molecule has 106 valence electrons. The van der Waals surface area contributed by atoms with Crippen LogP contribution in [0.3, 0.4) is 0 Å². The summed E-state index contributed by atoms with van der Waals surface area (Å²) in [4.78, 5) is 8.74. The van der Waals surface area contributed by atoms with Crippen molar-refractivity contribution < 1.29 is 0 Å². The van der Waals surface area contributed by atoms with Gasteiger partial charge in [0.05, 0.1) is 0 Å². The molecule has 1 aromatic carbocycles. The Bertz CT molecular complexity index is 572.